The lowest BCUT2D eigenvalue weighted by Gasteiger charge is -2.11. The molecule has 4 heterocycles. The zero-order chi connectivity index (χ0) is 42.8. The van der Waals surface area contributed by atoms with Crippen molar-refractivity contribution >= 4 is 54.8 Å². The fourth-order valence-electron chi connectivity index (χ4n) is 8.94. The SMILES string of the molecule is c1ccc(-c2cccc(-n3c4ccccc4c4c5cc(-c6nc(-c7ccc(-c8nc9ccccc9o8)cc7)nc(-c7ccc(-c8nc9ccccc9o8)cc7)n6)ccc5ccc43)c2)cc1. The normalized spacial score (nSPS) is 11.7. The van der Waals surface area contributed by atoms with E-state index >= 15 is 0 Å². The summed E-state index contributed by atoms with van der Waals surface area (Å²) in [6.07, 6.45) is 0. The second-order valence-corrected chi connectivity index (χ2v) is 16.1. The van der Waals surface area contributed by atoms with Crippen molar-refractivity contribution in [2.75, 3.05) is 0 Å². The van der Waals surface area contributed by atoms with Crippen LogP contribution >= 0.6 is 0 Å². The van der Waals surface area contributed by atoms with Crippen LogP contribution in [0, 0.1) is 0 Å². The van der Waals surface area contributed by atoms with Crippen molar-refractivity contribution in [1.29, 1.82) is 0 Å². The molecule has 4 aromatic heterocycles. The molecule has 0 aliphatic rings. The molecule has 13 rings (SSSR count). The summed E-state index contributed by atoms with van der Waals surface area (Å²) in [7, 11) is 0. The van der Waals surface area contributed by atoms with Gasteiger partial charge in [-0.15, -0.1) is 0 Å². The number of rotatable bonds is 7. The zero-order valence-electron chi connectivity index (χ0n) is 34.6. The van der Waals surface area contributed by atoms with E-state index in [4.69, 9.17) is 33.8 Å². The smallest absolute Gasteiger partial charge is 0.227 e. The summed E-state index contributed by atoms with van der Waals surface area (Å²) in [6, 6.07) is 70.5. The van der Waals surface area contributed by atoms with Gasteiger partial charge in [0, 0.05) is 44.3 Å². The Labute approximate surface area is 371 Å². The molecule has 0 bridgehead atoms. The molecule has 0 fully saturated rings. The maximum Gasteiger partial charge on any atom is 0.227 e. The second kappa shape index (κ2) is 14.8. The number of nitrogens with zero attached hydrogens (tertiary/aromatic N) is 6. The van der Waals surface area contributed by atoms with Crippen molar-refractivity contribution in [3.05, 3.63) is 206 Å². The largest absolute Gasteiger partial charge is 0.436 e. The first kappa shape index (κ1) is 36.6. The number of oxazole rings is 2. The lowest BCUT2D eigenvalue weighted by Crippen LogP contribution is -2.00. The molecule has 0 N–H and O–H groups in total. The minimum absolute atomic E-state index is 0.547. The predicted octanol–water partition coefficient (Wildman–Crippen LogP) is 14.4. The standard InChI is InChI=1S/C57H34N6O2/c1-2-11-35(12-3-1)41-13-10-14-43(33-41)63-48-18-7-4-15-44(48)52-45-34-42(30-21-36(45)31-32-49(52)63)55-61-53(37-22-26-39(27-23-37)56-58-46-16-5-8-19-50(46)64-56)60-54(62-55)38-24-28-40(29-25-38)57-59-47-17-6-9-20-51(47)65-57/h1-34H. The van der Waals surface area contributed by atoms with Crippen LogP contribution in [0.1, 0.15) is 0 Å². The van der Waals surface area contributed by atoms with Gasteiger partial charge in [-0.2, -0.15) is 0 Å². The molecule has 0 aliphatic carbocycles. The maximum atomic E-state index is 6.09. The molecule has 0 saturated heterocycles. The summed E-state index contributed by atoms with van der Waals surface area (Å²) >= 11 is 0. The van der Waals surface area contributed by atoms with Crippen LogP contribution in [0.4, 0.5) is 0 Å². The summed E-state index contributed by atoms with van der Waals surface area (Å²) in [4.78, 5) is 24.9. The lowest BCUT2D eigenvalue weighted by molar-refractivity contribution is 0.619. The highest BCUT2D eigenvalue weighted by Gasteiger charge is 2.19. The Bertz CT molecular complexity index is 3740. The fraction of sp³-hybridized carbons (Fsp3) is 0. The molecule has 0 radical (unpaired) electrons. The van der Waals surface area contributed by atoms with Crippen LogP contribution in [-0.4, -0.2) is 29.5 Å². The summed E-state index contributed by atoms with van der Waals surface area (Å²) < 4.78 is 14.6. The lowest BCUT2D eigenvalue weighted by atomic mass is 10.0. The van der Waals surface area contributed by atoms with Crippen LogP contribution in [0.3, 0.4) is 0 Å². The van der Waals surface area contributed by atoms with Gasteiger partial charge in [0.1, 0.15) is 11.0 Å². The second-order valence-electron chi connectivity index (χ2n) is 16.1. The molecule has 0 spiro atoms. The van der Waals surface area contributed by atoms with E-state index in [1.54, 1.807) is 0 Å². The van der Waals surface area contributed by atoms with Crippen molar-refractivity contribution in [2.45, 2.75) is 0 Å². The van der Waals surface area contributed by atoms with Crippen LogP contribution in [0.2, 0.25) is 0 Å². The first-order chi connectivity index (χ1) is 32.2. The Morgan fingerprint density at radius 3 is 1.49 bits per heavy atom. The van der Waals surface area contributed by atoms with Gasteiger partial charge in [0.25, 0.3) is 0 Å². The van der Waals surface area contributed by atoms with Crippen LogP contribution in [-0.2, 0) is 0 Å². The number of hydrogen-bond donors (Lipinski definition) is 0. The Morgan fingerprint density at radius 2 is 0.846 bits per heavy atom. The molecule has 8 nitrogen and oxygen atoms in total. The molecule has 304 valence electrons. The number of para-hydroxylation sites is 5. The zero-order valence-corrected chi connectivity index (χ0v) is 34.6. The number of fused-ring (bicyclic) bond motifs is 7. The van der Waals surface area contributed by atoms with Gasteiger partial charge < -0.3 is 13.4 Å². The van der Waals surface area contributed by atoms with E-state index < -0.39 is 0 Å². The van der Waals surface area contributed by atoms with Crippen LogP contribution in [0.25, 0.3) is 129 Å². The van der Waals surface area contributed by atoms with Gasteiger partial charge in [-0.3, -0.25) is 0 Å². The van der Waals surface area contributed by atoms with E-state index in [1.807, 2.05) is 97.1 Å². The Kier molecular flexibility index (Phi) is 8.35. The first-order valence-electron chi connectivity index (χ1n) is 21.5. The average Bonchev–Trinajstić information content (AvgIpc) is 4.11. The van der Waals surface area contributed by atoms with Gasteiger partial charge in [-0.05, 0) is 101 Å². The van der Waals surface area contributed by atoms with Crippen LogP contribution in [0.5, 0.6) is 0 Å². The predicted molar refractivity (Wildman–Crippen MR) is 259 cm³/mol. The molecule has 0 amide bonds. The molecule has 0 aliphatic heterocycles. The molecular weight excluding hydrogens is 801 g/mol. The van der Waals surface area contributed by atoms with E-state index in [0.717, 1.165) is 77.5 Å². The third-order valence-corrected chi connectivity index (χ3v) is 12.1. The first-order valence-corrected chi connectivity index (χ1v) is 21.5. The van der Waals surface area contributed by atoms with Gasteiger partial charge in [-0.1, -0.05) is 127 Å². The van der Waals surface area contributed by atoms with Gasteiger partial charge in [-0.25, -0.2) is 24.9 Å². The molecule has 0 atom stereocenters. The monoisotopic (exact) mass is 834 g/mol. The summed E-state index contributed by atoms with van der Waals surface area (Å²) in [5, 5.41) is 4.58. The van der Waals surface area contributed by atoms with Gasteiger partial charge in [0.15, 0.2) is 28.6 Å². The van der Waals surface area contributed by atoms with Gasteiger partial charge >= 0.3 is 0 Å². The molecule has 13 aromatic rings. The molecule has 9 aromatic carbocycles. The third kappa shape index (κ3) is 6.35. The topological polar surface area (TPSA) is 95.7 Å². The van der Waals surface area contributed by atoms with E-state index in [1.165, 1.54) is 21.9 Å². The summed E-state index contributed by atoms with van der Waals surface area (Å²) in [6.45, 7) is 0. The Balaban J connectivity index is 0.953. The number of hydrogen-bond acceptors (Lipinski definition) is 7. The Hall–Kier alpha value is -9.01. The van der Waals surface area contributed by atoms with E-state index in [-0.39, 0.29) is 0 Å². The Morgan fingerprint density at radius 1 is 0.323 bits per heavy atom. The van der Waals surface area contributed by atoms with Crippen LogP contribution < -0.4 is 0 Å². The fourth-order valence-corrected chi connectivity index (χ4v) is 8.94. The molecular formula is C57H34N6O2. The van der Waals surface area contributed by atoms with Crippen molar-refractivity contribution in [3.63, 3.8) is 0 Å². The number of benzene rings is 9. The van der Waals surface area contributed by atoms with E-state index in [9.17, 15) is 0 Å². The van der Waals surface area contributed by atoms with Gasteiger partial charge in [0.2, 0.25) is 11.8 Å². The molecule has 0 unspecified atom stereocenters. The molecule has 0 saturated carbocycles. The minimum Gasteiger partial charge on any atom is -0.436 e. The minimum atomic E-state index is 0.547. The van der Waals surface area contributed by atoms with Gasteiger partial charge in [0.05, 0.1) is 11.0 Å². The molecule has 65 heavy (non-hydrogen) atoms. The maximum absolute atomic E-state index is 6.09. The molecule has 8 heteroatoms. The van der Waals surface area contributed by atoms with Crippen LogP contribution in [0.15, 0.2) is 215 Å². The highest BCUT2D eigenvalue weighted by Crippen LogP contribution is 2.39. The van der Waals surface area contributed by atoms with Crippen molar-refractivity contribution in [2.24, 2.45) is 0 Å². The highest BCUT2D eigenvalue weighted by molar-refractivity contribution is 6.21. The third-order valence-electron chi connectivity index (χ3n) is 12.1. The summed E-state index contributed by atoms with van der Waals surface area (Å²) in [5.74, 6) is 2.77. The van der Waals surface area contributed by atoms with E-state index in [2.05, 4.69) is 114 Å². The average molecular weight is 835 g/mol. The quantitative estimate of drug-likeness (QED) is 0.158. The highest BCUT2D eigenvalue weighted by atomic mass is 16.4. The van der Waals surface area contributed by atoms with Crippen molar-refractivity contribution < 1.29 is 8.83 Å². The number of aromatic nitrogens is 6. The van der Waals surface area contributed by atoms with E-state index in [0.29, 0.717) is 29.3 Å². The van der Waals surface area contributed by atoms with Crippen molar-refractivity contribution in [3.8, 4) is 73.9 Å². The van der Waals surface area contributed by atoms with Crippen molar-refractivity contribution in [1.82, 2.24) is 29.5 Å². The summed E-state index contributed by atoms with van der Waals surface area (Å²) in [5.41, 5.74) is 13.1.